The summed E-state index contributed by atoms with van der Waals surface area (Å²) >= 11 is 0. The number of benzene rings is 1. The summed E-state index contributed by atoms with van der Waals surface area (Å²) in [6.07, 6.45) is 1.07. The van der Waals surface area contributed by atoms with Crippen LogP contribution in [0.25, 0.3) is 5.69 Å². The first-order chi connectivity index (χ1) is 11.1. The Bertz CT molecular complexity index is 800. The first kappa shape index (κ1) is 15.0. The van der Waals surface area contributed by atoms with E-state index < -0.39 is 17.9 Å². The molecule has 1 fully saturated rings. The molecule has 0 bridgehead atoms. The average molecular weight is 313 g/mol. The molecule has 1 saturated heterocycles. The topological polar surface area (TPSA) is 92.5 Å². The molecule has 3 rings (SSSR count). The molecule has 1 aliphatic rings. The zero-order chi connectivity index (χ0) is 16.4. The molecule has 7 heteroatoms. The average Bonchev–Trinajstić information content (AvgIpc) is 3.05. The molecule has 1 amide bonds. The van der Waals surface area contributed by atoms with E-state index in [1.54, 1.807) is 24.3 Å². The highest BCUT2D eigenvalue weighted by atomic mass is 16.4. The predicted octanol–water partition coefficient (Wildman–Crippen LogP) is 0.922. The zero-order valence-corrected chi connectivity index (χ0v) is 12.3. The van der Waals surface area contributed by atoms with Gasteiger partial charge in [-0.1, -0.05) is 18.2 Å². The van der Waals surface area contributed by atoms with E-state index in [1.807, 2.05) is 6.07 Å². The molecule has 1 aromatic carbocycles. The van der Waals surface area contributed by atoms with Gasteiger partial charge in [-0.2, -0.15) is 9.78 Å². The van der Waals surface area contributed by atoms with E-state index in [9.17, 15) is 19.5 Å². The number of hydrogen-bond donors (Lipinski definition) is 1. The summed E-state index contributed by atoms with van der Waals surface area (Å²) in [6, 6.07) is 10.5. The molecule has 0 aliphatic carbocycles. The van der Waals surface area contributed by atoms with Gasteiger partial charge in [0.2, 0.25) is 0 Å². The lowest BCUT2D eigenvalue weighted by atomic mass is 10.2. The van der Waals surface area contributed by atoms with E-state index in [0.717, 1.165) is 4.68 Å². The van der Waals surface area contributed by atoms with E-state index in [2.05, 4.69) is 5.10 Å². The summed E-state index contributed by atoms with van der Waals surface area (Å²) in [6.45, 7) is 0.377. The molecule has 1 N–H and O–H groups in total. The fourth-order valence-corrected chi connectivity index (χ4v) is 2.69. The Labute approximate surface area is 131 Å². The molecule has 0 spiro atoms. The van der Waals surface area contributed by atoms with Crippen molar-refractivity contribution in [3.05, 3.63) is 58.5 Å². The van der Waals surface area contributed by atoms with Gasteiger partial charge in [0.15, 0.2) is 0 Å². The van der Waals surface area contributed by atoms with Gasteiger partial charge >= 0.3 is 5.97 Å². The van der Waals surface area contributed by atoms with Gasteiger partial charge < -0.3 is 10.0 Å². The number of carbonyl (C=O) groups is 2. The fraction of sp³-hybridized carbons (Fsp3) is 0.250. The number of likely N-dealkylation sites (tertiary alicyclic amines) is 1. The number of nitrogens with zero attached hydrogens (tertiary/aromatic N) is 3. The van der Waals surface area contributed by atoms with Gasteiger partial charge in [-0.3, -0.25) is 9.59 Å². The molecule has 1 aromatic heterocycles. The second kappa shape index (κ2) is 6.04. The molecule has 0 unspecified atom stereocenters. The summed E-state index contributed by atoms with van der Waals surface area (Å²) < 4.78 is 1.14. The van der Waals surface area contributed by atoms with Crippen LogP contribution < -0.4 is 5.56 Å². The van der Waals surface area contributed by atoms with Crippen molar-refractivity contribution in [1.82, 2.24) is 14.7 Å². The highest BCUT2D eigenvalue weighted by Gasteiger charge is 2.35. The highest BCUT2D eigenvalue weighted by Crippen LogP contribution is 2.19. The predicted molar refractivity (Wildman–Crippen MR) is 81.5 cm³/mol. The summed E-state index contributed by atoms with van der Waals surface area (Å²) in [5.41, 5.74) is 0.244. The summed E-state index contributed by atoms with van der Waals surface area (Å²) in [5.74, 6) is -1.49. The number of rotatable bonds is 3. The number of carbonyl (C=O) groups excluding carboxylic acids is 1. The lowest BCUT2D eigenvalue weighted by Gasteiger charge is -2.21. The summed E-state index contributed by atoms with van der Waals surface area (Å²) in [5, 5.41) is 13.3. The van der Waals surface area contributed by atoms with E-state index in [-0.39, 0.29) is 11.3 Å². The molecule has 23 heavy (non-hydrogen) atoms. The van der Waals surface area contributed by atoms with Crippen molar-refractivity contribution in [2.45, 2.75) is 18.9 Å². The van der Waals surface area contributed by atoms with Crippen molar-refractivity contribution >= 4 is 11.9 Å². The first-order valence-electron chi connectivity index (χ1n) is 7.27. The van der Waals surface area contributed by atoms with Gasteiger partial charge in [0, 0.05) is 12.6 Å². The minimum Gasteiger partial charge on any atom is -0.480 e. The summed E-state index contributed by atoms with van der Waals surface area (Å²) in [7, 11) is 0. The maximum atomic E-state index is 12.5. The van der Waals surface area contributed by atoms with Crippen LogP contribution in [0.2, 0.25) is 0 Å². The molecule has 2 heterocycles. The van der Waals surface area contributed by atoms with Crippen molar-refractivity contribution in [2.24, 2.45) is 0 Å². The Morgan fingerprint density at radius 2 is 1.87 bits per heavy atom. The first-order valence-corrected chi connectivity index (χ1v) is 7.27. The lowest BCUT2D eigenvalue weighted by molar-refractivity contribution is -0.141. The fourth-order valence-electron chi connectivity index (χ4n) is 2.69. The Balaban J connectivity index is 1.96. The largest absolute Gasteiger partial charge is 0.480 e. The molecule has 1 aliphatic heterocycles. The second-order valence-corrected chi connectivity index (χ2v) is 5.30. The van der Waals surface area contributed by atoms with Crippen LogP contribution in [0.1, 0.15) is 23.3 Å². The van der Waals surface area contributed by atoms with Crippen molar-refractivity contribution in [3.63, 3.8) is 0 Å². The van der Waals surface area contributed by atoms with Crippen LogP contribution in [0.5, 0.6) is 0 Å². The van der Waals surface area contributed by atoms with Crippen LogP contribution >= 0.6 is 0 Å². The van der Waals surface area contributed by atoms with Crippen LogP contribution in [0.3, 0.4) is 0 Å². The van der Waals surface area contributed by atoms with Crippen LogP contribution in [-0.2, 0) is 4.79 Å². The Morgan fingerprint density at radius 1 is 1.13 bits per heavy atom. The molecule has 7 nitrogen and oxygen atoms in total. The Morgan fingerprint density at radius 3 is 2.57 bits per heavy atom. The van der Waals surface area contributed by atoms with Crippen LogP contribution in [0.4, 0.5) is 0 Å². The monoisotopic (exact) mass is 313 g/mol. The van der Waals surface area contributed by atoms with Crippen LogP contribution in [-0.4, -0.2) is 44.3 Å². The smallest absolute Gasteiger partial charge is 0.326 e. The van der Waals surface area contributed by atoms with Gasteiger partial charge in [0.1, 0.15) is 11.7 Å². The standard InChI is InChI=1S/C16H15N3O4/c20-14-9-8-12(17-19(14)11-5-2-1-3-6-11)15(21)18-10-4-7-13(18)16(22)23/h1-3,5-6,8-9,13H,4,7,10H2,(H,22,23)/t13-/m1/s1. The van der Waals surface area contributed by atoms with Gasteiger partial charge in [-0.15, -0.1) is 0 Å². The third kappa shape index (κ3) is 2.85. The highest BCUT2D eigenvalue weighted by molar-refractivity contribution is 5.95. The minimum atomic E-state index is -1.02. The normalized spacial score (nSPS) is 17.2. The molecule has 0 saturated carbocycles. The summed E-state index contributed by atoms with van der Waals surface area (Å²) in [4.78, 5) is 37.0. The number of aliphatic carboxylic acids is 1. The molecule has 0 radical (unpaired) electrons. The number of hydrogen-bond acceptors (Lipinski definition) is 4. The van der Waals surface area contributed by atoms with Gasteiger partial charge in [-0.05, 0) is 31.0 Å². The van der Waals surface area contributed by atoms with Gasteiger partial charge in [0.05, 0.1) is 5.69 Å². The zero-order valence-electron chi connectivity index (χ0n) is 12.3. The maximum absolute atomic E-state index is 12.5. The maximum Gasteiger partial charge on any atom is 0.326 e. The third-order valence-corrected chi connectivity index (χ3v) is 3.82. The molecular formula is C16H15N3O4. The van der Waals surface area contributed by atoms with Crippen LogP contribution in [0, 0.1) is 0 Å². The van der Waals surface area contributed by atoms with Crippen molar-refractivity contribution in [1.29, 1.82) is 0 Å². The van der Waals surface area contributed by atoms with E-state index >= 15 is 0 Å². The number of aromatic nitrogens is 2. The second-order valence-electron chi connectivity index (χ2n) is 5.30. The van der Waals surface area contributed by atoms with E-state index in [4.69, 9.17) is 0 Å². The lowest BCUT2D eigenvalue weighted by Crippen LogP contribution is -2.41. The van der Waals surface area contributed by atoms with Crippen molar-refractivity contribution in [2.75, 3.05) is 6.54 Å². The number of carboxylic acids is 1. The third-order valence-electron chi connectivity index (χ3n) is 3.82. The van der Waals surface area contributed by atoms with Crippen LogP contribution in [0.15, 0.2) is 47.3 Å². The minimum absolute atomic E-state index is 0.0570. The number of amides is 1. The molecule has 1 atom stereocenters. The SMILES string of the molecule is O=C(O)[C@H]1CCCN1C(=O)c1ccc(=O)n(-c2ccccc2)n1. The van der Waals surface area contributed by atoms with Gasteiger partial charge in [-0.25, -0.2) is 4.79 Å². The molecular weight excluding hydrogens is 298 g/mol. The quantitative estimate of drug-likeness (QED) is 0.909. The Hall–Kier alpha value is -2.96. The van der Waals surface area contributed by atoms with Crippen molar-refractivity contribution in [3.8, 4) is 5.69 Å². The number of para-hydroxylation sites is 1. The van der Waals surface area contributed by atoms with E-state index in [0.29, 0.717) is 25.1 Å². The Kier molecular flexibility index (Phi) is 3.92. The number of carboxylic acid groups (broad SMARTS) is 1. The van der Waals surface area contributed by atoms with Crippen molar-refractivity contribution < 1.29 is 14.7 Å². The molecule has 118 valence electrons. The van der Waals surface area contributed by atoms with Gasteiger partial charge in [0.25, 0.3) is 11.5 Å². The van der Waals surface area contributed by atoms with E-state index in [1.165, 1.54) is 17.0 Å². The molecule has 2 aromatic rings.